The predicted molar refractivity (Wildman–Crippen MR) is 157 cm³/mol. The molecule has 4 heterocycles. The molecule has 6 nitrogen and oxygen atoms in total. The summed E-state index contributed by atoms with van der Waals surface area (Å²) in [5.74, 6) is -0.0140. The van der Waals surface area contributed by atoms with E-state index in [1.54, 1.807) is 17.5 Å². The lowest BCUT2D eigenvalue weighted by atomic mass is 9.92. The summed E-state index contributed by atoms with van der Waals surface area (Å²) in [6, 6.07) is 21.1. The number of thiophene rings is 1. The van der Waals surface area contributed by atoms with Crippen LogP contribution in [0.3, 0.4) is 0 Å². The molecular formula is C31H29N5OS. The molecule has 0 atom stereocenters. The van der Waals surface area contributed by atoms with Crippen LogP contribution in [-0.4, -0.2) is 26.1 Å². The molecule has 38 heavy (non-hydrogen) atoms. The maximum atomic E-state index is 12.5. The Morgan fingerprint density at radius 1 is 0.947 bits per heavy atom. The molecule has 0 fully saturated rings. The Hall–Kier alpha value is -4.23. The van der Waals surface area contributed by atoms with Crippen molar-refractivity contribution in [3.8, 4) is 33.0 Å². The summed E-state index contributed by atoms with van der Waals surface area (Å²) < 4.78 is 0. The molecule has 0 saturated carbocycles. The van der Waals surface area contributed by atoms with Gasteiger partial charge >= 0.3 is 0 Å². The second-order valence-corrected chi connectivity index (χ2v) is 12.2. The minimum absolute atomic E-state index is 0.0140. The monoisotopic (exact) mass is 519 g/mol. The average Bonchev–Trinajstić information content (AvgIpc) is 3.60. The van der Waals surface area contributed by atoms with Gasteiger partial charge in [0.1, 0.15) is 5.69 Å². The van der Waals surface area contributed by atoms with Gasteiger partial charge in [0, 0.05) is 49.8 Å². The zero-order valence-electron chi connectivity index (χ0n) is 21.8. The number of aromatic nitrogens is 4. The highest BCUT2D eigenvalue weighted by Crippen LogP contribution is 2.37. The summed E-state index contributed by atoms with van der Waals surface area (Å²) in [5, 5.41) is 13.0. The summed E-state index contributed by atoms with van der Waals surface area (Å²) in [6.45, 7) is 8.29. The van der Waals surface area contributed by atoms with Gasteiger partial charge in [-0.15, -0.1) is 11.3 Å². The Balaban J connectivity index is 1.36. The number of aromatic amines is 2. The van der Waals surface area contributed by atoms with Gasteiger partial charge in [0.15, 0.2) is 0 Å². The molecule has 190 valence electrons. The topological polar surface area (TPSA) is 86.5 Å². The maximum Gasteiger partial charge on any atom is 0.224 e. The van der Waals surface area contributed by atoms with Crippen molar-refractivity contribution < 1.29 is 4.79 Å². The van der Waals surface area contributed by atoms with E-state index < -0.39 is 0 Å². The summed E-state index contributed by atoms with van der Waals surface area (Å²) in [5.41, 5.74) is 7.64. The first-order valence-corrected chi connectivity index (χ1v) is 13.5. The number of fused-ring (bicyclic) bond motifs is 2. The van der Waals surface area contributed by atoms with Crippen molar-refractivity contribution in [1.29, 1.82) is 0 Å². The minimum Gasteiger partial charge on any atom is -0.353 e. The Labute approximate surface area is 225 Å². The third kappa shape index (κ3) is 4.73. The van der Waals surface area contributed by atoms with Crippen LogP contribution in [0.15, 0.2) is 73.1 Å². The number of nitrogens with zero attached hydrogens (tertiary/aromatic N) is 2. The molecule has 6 rings (SSSR count). The SMILES string of the molecule is Cc1ccc(-c2cccc3[nH]c(-c4n[nH]c5ccc(-c6cncc(NC(=O)CC(C)(C)C)c6)cc45)cc23)s1. The van der Waals surface area contributed by atoms with E-state index in [-0.39, 0.29) is 11.3 Å². The smallest absolute Gasteiger partial charge is 0.224 e. The molecule has 0 aliphatic carbocycles. The van der Waals surface area contributed by atoms with Gasteiger partial charge in [0.05, 0.1) is 23.1 Å². The van der Waals surface area contributed by atoms with Crippen LogP contribution in [0.5, 0.6) is 0 Å². The zero-order chi connectivity index (χ0) is 26.4. The van der Waals surface area contributed by atoms with Crippen LogP contribution in [0.4, 0.5) is 5.69 Å². The summed E-state index contributed by atoms with van der Waals surface area (Å²) in [6.07, 6.45) is 3.95. The van der Waals surface area contributed by atoms with Crippen LogP contribution in [0.2, 0.25) is 0 Å². The van der Waals surface area contributed by atoms with Crippen molar-refractivity contribution in [2.24, 2.45) is 5.41 Å². The number of rotatable bonds is 5. The Morgan fingerprint density at radius 3 is 2.61 bits per heavy atom. The average molecular weight is 520 g/mol. The van der Waals surface area contributed by atoms with Crippen molar-refractivity contribution in [1.82, 2.24) is 20.2 Å². The molecule has 0 bridgehead atoms. The number of nitrogens with one attached hydrogen (secondary N) is 3. The standard InChI is InChI=1S/C31H29N5OS/c1-18-8-11-28(38-18)22-6-5-7-25-23(22)14-27(34-25)30-24-13-19(9-10-26(24)35-36-30)20-12-21(17-32-16-20)33-29(37)15-31(2,3)4/h5-14,16-17,34H,15H2,1-4H3,(H,33,37)(H,35,36). The third-order valence-corrected chi connectivity index (χ3v) is 7.57. The van der Waals surface area contributed by atoms with E-state index in [9.17, 15) is 4.79 Å². The van der Waals surface area contributed by atoms with Gasteiger partial charge in [-0.25, -0.2) is 0 Å². The molecule has 0 aliphatic heterocycles. The molecule has 1 amide bonds. The Bertz CT molecular complexity index is 1800. The minimum atomic E-state index is -0.0794. The molecule has 0 aliphatic rings. The van der Waals surface area contributed by atoms with Gasteiger partial charge in [-0.3, -0.25) is 14.9 Å². The number of carbonyl (C=O) groups excluding carboxylic acids is 1. The molecule has 0 spiro atoms. The summed E-state index contributed by atoms with van der Waals surface area (Å²) in [7, 11) is 0. The lowest BCUT2D eigenvalue weighted by molar-refractivity contribution is -0.117. The van der Waals surface area contributed by atoms with E-state index in [0.29, 0.717) is 12.1 Å². The fourth-order valence-corrected chi connectivity index (χ4v) is 5.74. The first-order valence-electron chi connectivity index (χ1n) is 12.7. The van der Waals surface area contributed by atoms with E-state index >= 15 is 0 Å². The van der Waals surface area contributed by atoms with E-state index in [1.165, 1.54) is 20.7 Å². The van der Waals surface area contributed by atoms with Gasteiger partial charge in [0.25, 0.3) is 0 Å². The Kier molecular flexibility index (Phi) is 5.88. The molecule has 3 N–H and O–H groups in total. The number of anilines is 1. The Morgan fingerprint density at radius 2 is 1.82 bits per heavy atom. The van der Waals surface area contributed by atoms with Crippen molar-refractivity contribution >= 4 is 44.7 Å². The van der Waals surface area contributed by atoms with Gasteiger partial charge in [-0.05, 0) is 60.4 Å². The summed E-state index contributed by atoms with van der Waals surface area (Å²) in [4.78, 5) is 23.0. The van der Waals surface area contributed by atoms with Crippen LogP contribution in [0.1, 0.15) is 32.1 Å². The molecule has 4 aromatic heterocycles. The lowest BCUT2D eigenvalue weighted by Gasteiger charge is -2.17. The van der Waals surface area contributed by atoms with Gasteiger partial charge in [-0.2, -0.15) is 5.10 Å². The highest BCUT2D eigenvalue weighted by Gasteiger charge is 2.17. The van der Waals surface area contributed by atoms with Crippen molar-refractivity contribution in [2.45, 2.75) is 34.1 Å². The highest BCUT2D eigenvalue weighted by atomic mass is 32.1. The molecule has 2 aromatic carbocycles. The van der Waals surface area contributed by atoms with Gasteiger partial charge in [0.2, 0.25) is 5.91 Å². The predicted octanol–water partition coefficient (Wildman–Crippen LogP) is 8.18. The van der Waals surface area contributed by atoms with E-state index in [1.807, 2.05) is 24.4 Å². The maximum absolute atomic E-state index is 12.5. The number of H-pyrrole nitrogens is 2. The van der Waals surface area contributed by atoms with Crippen LogP contribution < -0.4 is 5.32 Å². The number of hydrogen-bond donors (Lipinski definition) is 3. The number of hydrogen-bond acceptors (Lipinski definition) is 4. The van der Waals surface area contributed by atoms with E-state index in [0.717, 1.165) is 38.9 Å². The zero-order valence-corrected chi connectivity index (χ0v) is 22.7. The van der Waals surface area contributed by atoms with E-state index in [4.69, 9.17) is 0 Å². The highest BCUT2D eigenvalue weighted by molar-refractivity contribution is 7.15. The second kappa shape index (κ2) is 9.26. The van der Waals surface area contributed by atoms with Crippen molar-refractivity contribution in [3.05, 3.63) is 77.9 Å². The fourth-order valence-electron chi connectivity index (χ4n) is 4.83. The van der Waals surface area contributed by atoms with Crippen LogP contribution in [0, 0.1) is 12.3 Å². The third-order valence-electron chi connectivity index (χ3n) is 6.53. The number of amides is 1. The van der Waals surface area contributed by atoms with Gasteiger partial charge < -0.3 is 10.3 Å². The first-order chi connectivity index (χ1) is 18.2. The normalized spacial score (nSPS) is 11.9. The quantitative estimate of drug-likeness (QED) is 0.215. The van der Waals surface area contributed by atoms with Crippen LogP contribution in [-0.2, 0) is 4.79 Å². The molecular weight excluding hydrogens is 490 g/mol. The van der Waals surface area contributed by atoms with Crippen LogP contribution >= 0.6 is 11.3 Å². The molecule has 0 radical (unpaired) electrons. The number of benzene rings is 2. The van der Waals surface area contributed by atoms with Crippen molar-refractivity contribution in [2.75, 3.05) is 5.32 Å². The molecule has 7 heteroatoms. The molecule has 6 aromatic rings. The number of carbonyl (C=O) groups is 1. The second-order valence-electron chi connectivity index (χ2n) is 10.9. The summed E-state index contributed by atoms with van der Waals surface area (Å²) >= 11 is 1.80. The largest absolute Gasteiger partial charge is 0.353 e. The first kappa shape index (κ1) is 24.1. The van der Waals surface area contributed by atoms with Gasteiger partial charge in [-0.1, -0.05) is 39.0 Å². The number of aryl methyl sites for hydroxylation is 1. The van der Waals surface area contributed by atoms with E-state index in [2.05, 4.69) is 95.6 Å². The van der Waals surface area contributed by atoms with Crippen LogP contribution in [0.25, 0.3) is 54.8 Å². The number of pyridine rings is 1. The molecule has 0 saturated heterocycles. The fraction of sp³-hybridized carbons (Fsp3) is 0.194. The molecule has 0 unspecified atom stereocenters. The van der Waals surface area contributed by atoms with Crippen molar-refractivity contribution in [3.63, 3.8) is 0 Å². The lowest BCUT2D eigenvalue weighted by Crippen LogP contribution is -2.19.